The molecular formula is C10H15NO4S. The fourth-order valence-electron chi connectivity index (χ4n) is 1.38. The number of nitrogens with two attached hydrogens (primary N) is 1. The largest absolute Gasteiger partial charge is 0.399 e. The molecule has 1 aromatic carbocycles. The zero-order valence-electron chi connectivity index (χ0n) is 8.87. The second-order valence-corrected chi connectivity index (χ2v) is 5.93. The van der Waals surface area contributed by atoms with Gasteiger partial charge in [0, 0.05) is 11.9 Å². The molecule has 5 nitrogen and oxygen atoms in total. The summed E-state index contributed by atoms with van der Waals surface area (Å²) in [4.78, 5) is 0. The van der Waals surface area contributed by atoms with E-state index in [0.717, 1.165) is 6.26 Å². The summed E-state index contributed by atoms with van der Waals surface area (Å²) in [5, 5.41) is 17.6. The summed E-state index contributed by atoms with van der Waals surface area (Å²) >= 11 is 0. The molecule has 6 heteroatoms. The van der Waals surface area contributed by atoms with Gasteiger partial charge in [0.15, 0.2) is 9.84 Å². The smallest absolute Gasteiger partial charge is 0.155 e. The van der Waals surface area contributed by atoms with Crippen LogP contribution in [0.2, 0.25) is 0 Å². The molecule has 0 aromatic heterocycles. The molecule has 0 saturated heterocycles. The minimum absolute atomic E-state index is 0.415. The van der Waals surface area contributed by atoms with Crippen molar-refractivity contribution in [3.8, 4) is 0 Å². The lowest BCUT2D eigenvalue weighted by atomic mass is 10.1. The van der Waals surface area contributed by atoms with Crippen molar-refractivity contribution in [3.63, 3.8) is 0 Å². The zero-order chi connectivity index (χ0) is 12.3. The fourth-order valence-corrected chi connectivity index (χ4v) is 2.27. The third-order valence-corrected chi connectivity index (χ3v) is 3.87. The average molecular weight is 245 g/mol. The van der Waals surface area contributed by atoms with Crippen LogP contribution in [0.4, 0.5) is 5.69 Å². The lowest BCUT2D eigenvalue weighted by molar-refractivity contribution is 0.138. The van der Waals surface area contributed by atoms with E-state index in [1.807, 2.05) is 0 Å². The normalized spacial score (nSPS) is 15.7. The van der Waals surface area contributed by atoms with E-state index in [9.17, 15) is 13.5 Å². The number of aliphatic hydroxyl groups is 2. The minimum atomic E-state index is -3.50. The van der Waals surface area contributed by atoms with Crippen molar-refractivity contribution in [1.82, 2.24) is 0 Å². The highest BCUT2D eigenvalue weighted by molar-refractivity contribution is 7.91. The summed E-state index contributed by atoms with van der Waals surface area (Å²) in [6, 6.07) is 6.20. The van der Waals surface area contributed by atoms with Crippen molar-refractivity contribution in [2.24, 2.45) is 0 Å². The third-order valence-electron chi connectivity index (χ3n) is 2.36. The van der Waals surface area contributed by atoms with E-state index in [0.29, 0.717) is 11.3 Å². The highest BCUT2D eigenvalue weighted by Gasteiger charge is 2.29. The Morgan fingerprint density at radius 3 is 2.19 bits per heavy atom. The Morgan fingerprint density at radius 2 is 1.81 bits per heavy atom. The van der Waals surface area contributed by atoms with Crippen LogP contribution in [-0.4, -0.2) is 36.7 Å². The first-order chi connectivity index (χ1) is 7.36. The Kier molecular flexibility index (Phi) is 3.90. The van der Waals surface area contributed by atoms with Crippen LogP contribution < -0.4 is 5.73 Å². The van der Waals surface area contributed by atoms with Crippen LogP contribution >= 0.6 is 0 Å². The Hall–Kier alpha value is -1.11. The number of rotatable bonds is 4. The van der Waals surface area contributed by atoms with E-state index in [-0.39, 0.29) is 0 Å². The van der Waals surface area contributed by atoms with Crippen LogP contribution in [0.15, 0.2) is 24.3 Å². The second-order valence-electron chi connectivity index (χ2n) is 3.66. The van der Waals surface area contributed by atoms with Gasteiger partial charge in [-0.3, -0.25) is 0 Å². The highest BCUT2D eigenvalue weighted by atomic mass is 32.2. The van der Waals surface area contributed by atoms with Gasteiger partial charge >= 0.3 is 0 Å². The molecule has 1 rings (SSSR count). The van der Waals surface area contributed by atoms with Gasteiger partial charge in [-0.15, -0.1) is 0 Å². The summed E-state index contributed by atoms with van der Waals surface area (Å²) < 4.78 is 22.6. The molecule has 0 unspecified atom stereocenters. The van der Waals surface area contributed by atoms with Gasteiger partial charge in [0.05, 0.1) is 12.7 Å². The number of sulfone groups is 1. The average Bonchev–Trinajstić information content (AvgIpc) is 2.17. The molecule has 0 saturated carbocycles. The highest BCUT2D eigenvalue weighted by Crippen LogP contribution is 2.22. The molecule has 90 valence electrons. The molecule has 16 heavy (non-hydrogen) atoms. The van der Waals surface area contributed by atoms with Gasteiger partial charge in [-0.25, -0.2) is 8.42 Å². The first kappa shape index (κ1) is 13.0. The molecule has 0 aliphatic carbocycles. The fraction of sp³-hybridized carbons (Fsp3) is 0.400. The van der Waals surface area contributed by atoms with Crippen LogP contribution in [-0.2, 0) is 9.84 Å². The van der Waals surface area contributed by atoms with Gasteiger partial charge < -0.3 is 15.9 Å². The van der Waals surface area contributed by atoms with E-state index in [1.54, 1.807) is 12.1 Å². The summed E-state index contributed by atoms with van der Waals surface area (Å²) in [5.41, 5.74) is 6.41. The monoisotopic (exact) mass is 245 g/mol. The van der Waals surface area contributed by atoms with E-state index in [2.05, 4.69) is 0 Å². The molecule has 0 spiro atoms. The maximum atomic E-state index is 11.3. The van der Waals surface area contributed by atoms with E-state index < -0.39 is 27.8 Å². The second kappa shape index (κ2) is 4.82. The Bertz CT molecular complexity index is 440. The summed E-state index contributed by atoms with van der Waals surface area (Å²) in [5.74, 6) is 0. The standard InChI is InChI=1S/C10H15NO4S/c1-16(14,15)9(6-12)10(13)7-2-4-8(11)5-3-7/h2-5,9-10,12-13H,6,11H2,1H3/t9-,10-/m1/s1. The number of aliphatic hydroxyl groups excluding tert-OH is 2. The number of hydrogen-bond donors (Lipinski definition) is 3. The summed E-state index contributed by atoms with van der Waals surface area (Å²) in [6.07, 6.45) is -0.269. The maximum Gasteiger partial charge on any atom is 0.155 e. The van der Waals surface area contributed by atoms with E-state index in [1.165, 1.54) is 12.1 Å². The molecule has 0 radical (unpaired) electrons. The lowest BCUT2D eigenvalue weighted by Gasteiger charge is -2.19. The SMILES string of the molecule is CS(=O)(=O)[C@H](CO)[C@H](O)c1ccc(N)cc1. The van der Waals surface area contributed by atoms with Gasteiger partial charge in [-0.2, -0.15) is 0 Å². The number of nitrogen functional groups attached to an aromatic ring is 1. The predicted octanol–water partition coefficient (Wildman–Crippen LogP) is -0.292. The van der Waals surface area contributed by atoms with Crippen molar-refractivity contribution in [1.29, 1.82) is 0 Å². The van der Waals surface area contributed by atoms with E-state index in [4.69, 9.17) is 10.8 Å². The predicted molar refractivity (Wildman–Crippen MR) is 61.5 cm³/mol. The van der Waals surface area contributed by atoms with Gasteiger partial charge in [-0.1, -0.05) is 12.1 Å². The van der Waals surface area contributed by atoms with Crippen molar-refractivity contribution < 1.29 is 18.6 Å². The number of hydrogen-bond acceptors (Lipinski definition) is 5. The van der Waals surface area contributed by atoms with Crippen molar-refractivity contribution >= 4 is 15.5 Å². The number of anilines is 1. The molecule has 0 amide bonds. The molecule has 2 atom stereocenters. The topological polar surface area (TPSA) is 101 Å². The van der Waals surface area contributed by atoms with Crippen LogP contribution in [0.3, 0.4) is 0 Å². The lowest BCUT2D eigenvalue weighted by Crippen LogP contribution is -2.31. The molecule has 0 heterocycles. The molecule has 1 aromatic rings. The van der Waals surface area contributed by atoms with Crippen molar-refractivity contribution in [2.45, 2.75) is 11.4 Å². The van der Waals surface area contributed by atoms with Crippen LogP contribution in [0.1, 0.15) is 11.7 Å². The Morgan fingerprint density at radius 1 is 1.31 bits per heavy atom. The molecule has 4 N–H and O–H groups in total. The van der Waals surface area contributed by atoms with Gasteiger partial charge in [-0.05, 0) is 17.7 Å². The molecule has 0 aliphatic rings. The maximum absolute atomic E-state index is 11.3. The summed E-state index contributed by atoms with van der Waals surface area (Å²) in [7, 11) is -3.50. The summed E-state index contributed by atoms with van der Waals surface area (Å²) in [6.45, 7) is -0.621. The Labute approximate surface area is 94.4 Å². The van der Waals surface area contributed by atoms with Crippen LogP contribution in [0.25, 0.3) is 0 Å². The quantitative estimate of drug-likeness (QED) is 0.633. The zero-order valence-corrected chi connectivity index (χ0v) is 9.68. The van der Waals surface area contributed by atoms with Crippen molar-refractivity contribution in [2.75, 3.05) is 18.6 Å². The molecule has 0 aliphatic heterocycles. The van der Waals surface area contributed by atoms with Gasteiger partial charge in [0.1, 0.15) is 5.25 Å². The van der Waals surface area contributed by atoms with Crippen LogP contribution in [0, 0.1) is 0 Å². The minimum Gasteiger partial charge on any atom is -0.399 e. The Balaban J connectivity index is 3.00. The van der Waals surface area contributed by atoms with Crippen molar-refractivity contribution in [3.05, 3.63) is 29.8 Å². The first-order valence-corrected chi connectivity index (χ1v) is 6.65. The van der Waals surface area contributed by atoms with E-state index >= 15 is 0 Å². The molecular weight excluding hydrogens is 230 g/mol. The van der Waals surface area contributed by atoms with Gasteiger partial charge in [0.2, 0.25) is 0 Å². The van der Waals surface area contributed by atoms with Gasteiger partial charge in [0.25, 0.3) is 0 Å². The van der Waals surface area contributed by atoms with Crippen LogP contribution in [0.5, 0.6) is 0 Å². The first-order valence-electron chi connectivity index (χ1n) is 4.69. The third kappa shape index (κ3) is 2.94. The molecule has 0 fully saturated rings. The molecule has 0 bridgehead atoms. The number of benzene rings is 1.